The smallest absolute Gasteiger partial charge is 0.179 e. The van der Waals surface area contributed by atoms with E-state index in [9.17, 15) is 9.59 Å². The van der Waals surface area contributed by atoms with Gasteiger partial charge in [-0.1, -0.05) is 48.6 Å². The molecule has 1 unspecified atom stereocenters. The van der Waals surface area contributed by atoms with Crippen molar-refractivity contribution < 1.29 is 9.59 Å². The molecule has 0 fully saturated rings. The van der Waals surface area contributed by atoms with E-state index in [1.165, 1.54) is 16.7 Å². The molecule has 1 atom stereocenters. The Morgan fingerprint density at radius 1 is 0.875 bits per heavy atom. The van der Waals surface area contributed by atoms with Crippen molar-refractivity contribution in [2.45, 2.75) is 12.3 Å². The second-order valence-corrected chi connectivity index (χ2v) is 6.49. The van der Waals surface area contributed by atoms with Crippen molar-refractivity contribution in [3.8, 4) is 0 Å². The molecule has 4 aliphatic carbocycles. The molecule has 0 heterocycles. The van der Waals surface area contributed by atoms with Gasteiger partial charge < -0.3 is 0 Å². The standard InChI is InChI=1S/C22H14O2/c23-15-5-8-17-14(11-15)3-7-19-18(17)9-10-21-20(19)6-2-13-1-4-16(24)12-22(13)21/h1-10,12,19H,11H2. The normalized spacial score (nSPS) is 22.8. The highest BCUT2D eigenvalue weighted by Gasteiger charge is 2.27. The fourth-order valence-corrected chi connectivity index (χ4v) is 3.97. The molecule has 1 aromatic carbocycles. The van der Waals surface area contributed by atoms with Crippen molar-refractivity contribution >= 4 is 29.8 Å². The van der Waals surface area contributed by atoms with Crippen LogP contribution in [0.2, 0.25) is 0 Å². The lowest BCUT2D eigenvalue weighted by atomic mass is 9.74. The van der Waals surface area contributed by atoms with Crippen molar-refractivity contribution in [3.05, 3.63) is 86.9 Å². The molecule has 0 spiro atoms. The highest BCUT2D eigenvalue weighted by atomic mass is 16.1. The Kier molecular flexibility index (Phi) is 2.66. The summed E-state index contributed by atoms with van der Waals surface area (Å²) in [4.78, 5) is 23.4. The Balaban J connectivity index is 1.76. The van der Waals surface area contributed by atoms with E-state index in [0.29, 0.717) is 6.42 Å². The predicted octanol–water partition coefficient (Wildman–Crippen LogP) is 2.26. The minimum atomic E-state index is 0.0389. The first-order chi connectivity index (χ1) is 11.7. The highest BCUT2D eigenvalue weighted by Crippen LogP contribution is 2.39. The predicted molar refractivity (Wildman–Crippen MR) is 94.4 cm³/mol. The maximum Gasteiger partial charge on any atom is 0.179 e. The number of ketones is 2. The van der Waals surface area contributed by atoms with Gasteiger partial charge in [-0.2, -0.15) is 0 Å². The van der Waals surface area contributed by atoms with Gasteiger partial charge in [-0.15, -0.1) is 0 Å². The van der Waals surface area contributed by atoms with Crippen LogP contribution in [0.3, 0.4) is 0 Å². The van der Waals surface area contributed by atoms with E-state index < -0.39 is 0 Å². The maximum absolute atomic E-state index is 11.8. The van der Waals surface area contributed by atoms with Crippen LogP contribution >= 0.6 is 0 Å². The topological polar surface area (TPSA) is 34.1 Å². The fraction of sp³-hybridized carbons (Fsp3) is 0.0909. The second kappa shape index (κ2) is 4.75. The van der Waals surface area contributed by atoms with Gasteiger partial charge in [0.1, 0.15) is 0 Å². The molecule has 2 heteroatoms. The van der Waals surface area contributed by atoms with Crippen LogP contribution < -0.4 is 10.4 Å². The van der Waals surface area contributed by atoms with E-state index >= 15 is 0 Å². The van der Waals surface area contributed by atoms with E-state index in [0.717, 1.165) is 21.6 Å². The Bertz CT molecular complexity index is 1100. The van der Waals surface area contributed by atoms with Crippen molar-refractivity contribution in [1.82, 2.24) is 0 Å². The number of hydrogen-bond donors (Lipinski definition) is 0. The second-order valence-electron chi connectivity index (χ2n) is 6.49. The number of rotatable bonds is 0. The first-order valence-electron chi connectivity index (χ1n) is 8.12. The molecule has 2 nitrogen and oxygen atoms in total. The zero-order chi connectivity index (χ0) is 16.3. The molecule has 0 amide bonds. The van der Waals surface area contributed by atoms with Crippen LogP contribution in [0.4, 0.5) is 0 Å². The van der Waals surface area contributed by atoms with Gasteiger partial charge in [0.25, 0.3) is 0 Å². The molecule has 0 saturated heterocycles. The lowest BCUT2D eigenvalue weighted by molar-refractivity contribution is -0.114. The minimum Gasteiger partial charge on any atom is -0.294 e. The molecular weight excluding hydrogens is 296 g/mol. The molecular formula is C22H14O2. The molecule has 0 N–H and O–H groups in total. The number of carbonyl (C=O) groups is 2. The summed E-state index contributed by atoms with van der Waals surface area (Å²) in [6.07, 6.45) is 17.8. The molecule has 0 aliphatic heterocycles. The van der Waals surface area contributed by atoms with Gasteiger partial charge >= 0.3 is 0 Å². The first kappa shape index (κ1) is 13.4. The van der Waals surface area contributed by atoms with Crippen molar-refractivity contribution in [2.75, 3.05) is 0 Å². The van der Waals surface area contributed by atoms with E-state index in [-0.39, 0.29) is 17.5 Å². The van der Waals surface area contributed by atoms with Crippen LogP contribution in [0.25, 0.3) is 18.2 Å². The van der Waals surface area contributed by atoms with E-state index in [2.05, 4.69) is 36.4 Å². The molecule has 0 aromatic heterocycles. The third kappa shape index (κ3) is 1.83. The van der Waals surface area contributed by atoms with Crippen LogP contribution in [0.1, 0.15) is 23.5 Å². The highest BCUT2D eigenvalue weighted by molar-refractivity contribution is 6.16. The van der Waals surface area contributed by atoms with Gasteiger partial charge in [0.05, 0.1) is 0 Å². The largest absolute Gasteiger partial charge is 0.294 e. The molecule has 1 aromatic rings. The Labute approximate surface area is 139 Å². The monoisotopic (exact) mass is 310 g/mol. The summed E-state index contributed by atoms with van der Waals surface area (Å²) >= 11 is 0. The molecule has 0 bridgehead atoms. The number of carbonyl (C=O) groups excluding carboxylic acids is 2. The van der Waals surface area contributed by atoms with Gasteiger partial charge in [-0.3, -0.25) is 9.59 Å². The number of allylic oxidation sites excluding steroid dienone is 9. The van der Waals surface area contributed by atoms with Crippen LogP contribution in [0.15, 0.2) is 65.3 Å². The Hall–Kier alpha value is -3.00. The van der Waals surface area contributed by atoms with Crippen molar-refractivity contribution in [1.29, 1.82) is 0 Å². The summed E-state index contributed by atoms with van der Waals surface area (Å²) in [5, 5.41) is 2.14. The Morgan fingerprint density at radius 2 is 1.79 bits per heavy atom. The van der Waals surface area contributed by atoms with Crippen LogP contribution in [-0.2, 0) is 9.59 Å². The van der Waals surface area contributed by atoms with E-state index in [4.69, 9.17) is 0 Å². The lowest BCUT2D eigenvalue weighted by Crippen LogP contribution is -2.36. The summed E-state index contributed by atoms with van der Waals surface area (Å²) in [5.41, 5.74) is 5.82. The molecule has 24 heavy (non-hydrogen) atoms. The van der Waals surface area contributed by atoms with Crippen molar-refractivity contribution in [3.63, 3.8) is 0 Å². The van der Waals surface area contributed by atoms with Gasteiger partial charge in [0.15, 0.2) is 11.6 Å². The average molecular weight is 310 g/mol. The van der Waals surface area contributed by atoms with Crippen LogP contribution in [0.5, 0.6) is 0 Å². The zero-order valence-electron chi connectivity index (χ0n) is 13.0. The number of fused-ring (bicyclic) bond motifs is 6. The maximum atomic E-state index is 11.8. The summed E-state index contributed by atoms with van der Waals surface area (Å²) in [6, 6.07) is 4.24. The van der Waals surface area contributed by atoms with Gasteiger partial charge in [0, 0.05) is 12.3 Å². The van der Waals surface area contributed by atoms with Crippen LogP contribution in [-0.4, -0.2) is 11.6 Å². The summed E-state index contributed by atoms with van der Waals surface area (Å²) in [7, 11) is 0. The van der Waals surface area contributed by atoms with Gasteiger partial charge in [-0.05, 0) is 56.5 Å². The average Bonchev–Trinajstić information content (AvgIpc) is 2.60. The minimum absolute atomic E-state index is 0.0389. The molecule has 5 rings (SSSR count). The van der Waals surface area contributed by atoms with E-state index in [1.54, 1.807) is 18.2 Å². The first-order valence-corrected chi connectivity index (χ1v) is 8.12. The lowest BCUT2D eigenvalue weighted by Gasteiger charge is -2.29. The summed E-state index contributed by atoms with van der Waals surface area (Å²) in [6.45, 7) is 0. The van der Waals surface area contributed by atoms with Gasteiger partial charge in [0.2, 0.25) is 0 Å². The third-order valence-corrected chi connectivity index (χ3v) is 5.12. The molecule has 114 valence electrons. The zero-order valence-corrected chi connectivity index (χ0v) is 13.0. The SMILES string of the molecule is O=C1C=Cc2ccc3c(c2=C1)=CC=C1C2=C(C=CC13)CC(=O)C=C2. The van der Waals surface area contributed by atoms with Gasteiger partial charge in [-0.25, -0.2) is 0 Å². The number of hydrogen-bond acceptors (Lipinski definition) is 2. The summed E-state index contributed by atoms with van der Waals surface area (Å²) in [5.74, 6) is 0.380. The van der Waals surface area contributed by atoms with Crippen molar-refractivity contribution in [2.24, 2.45) is 0 Å². The fourth-order valence-electron chi connectivity index (χ4n) is 3.97. The summed E-state index contributed by atoms with van der Waals surface area (Å²) < 4.78 is 0. The van der Waals surface area contributed by atoms with E-state index in [1.807, 2.05) is 12.2 Å². The third-order valence-electron chi connectivity index (χ3n) is 5.12. The molecule has 0 radical (unpaired) electrons. The molecule has 4 aliphatic rings. The number of benzene rings is 1. The van der Waals surface area contributed by atoms with Crippen LogP contribution in [0, 0.1) is 0 Å². The molecule has 0 saturated carbocycles. The quantitative estimate of drug-likeness (QED) is 0.736. The Morgan fingerprint density at radius 3 is 2.71 bits per heavy atom.